The summed E-state index contributed by atoms with van der Waals surface area (Å²) in [7, 11) is 1.65. The van der Waals surface area contributed by atoms with Crippen molar-refractivity contribution in [2.45, 2.75) is 19.8 Å². The van der Waals surface area contributed by atoms with Gasteiger partial charge in [0.2, 0.25) is 5.82 Å². The van der Waals surface area contributed by atoms with Crippen LogP contribution < -0.4 is 9.64 Å². The van der Waals surface area contributed by atoms with Crippen LogP contribution in [-0.2, 0) is 0 Å². The van der Waals surface area contributed by atoms with Gasteiger partial charge in [-0.3, -0.25) is 0 Å². The van der Waals surface area contributed by atoms with E-state index >= 15 is 0 Å². The second-order valence-corrected chi connectivity index (χ2v) is 5.33. The number of ether oxygens (including phenoxy) is 1. The lowest BCUT2D eigenvalue weighted by Crippen LogP contribution is -2.34. The lowest BCUT2D eigenvalue weighted by molar-refractivity contribution is 0.376. The number of aromatic nitrogens is 2. The molecule has 5 heteroatoms. The van der Waals surface area contributed by atoms with Crippen LogP contribution in [0, 0.1) is 5.92 Å². The van der Waals surface area contributed by atoms with E-state index in [1.54, 1.807) is 7.11 Å². The molecule has 1 aromatic carbocycles. The van der Waals surface area contributed by atoms with Crippen molar-refractivity contribution in [1.29, 1.82) is 0 Å². The zero-order valence-corrected chi connectivity index (χ0v) is 11.9. The van der Waals surface area contributed by atoms with Crippen LogP contribution in [0.5, 0.6) is 5.75 Å². The lowest BCUT2D eigenvalue weighted by Gasteiger charge is -2.28. The Balaban J connectivity index is 1.82. The molecule has 106 valence electrons. The first-order valence-corrected chi connectivity index (χ1v) is 6.99. The molecule has 1 aromatic heterocycles. The average Bonchev–Trinajstić information content (AvgIpc) is 2.97. The number of anilines is 1. The smallest absolute Gasteiger partial charge is 0.324 e. The Labute approximate surface area is 118 Å². The Bertz CT molecular complexity index is 582. The van der Waals surface area contributed by atoms with Gasteiger partial charge in [0.1, 0.15) is 5.75 Å². The minimum absolute atomic E-state index is 0.608. The molecule has 1 saturated heterocycles. The Morgan fingerprint density at radius 2 is 2.30 bits per heavy atom. The maximum atomic E-state index is 5.40. The summed E-state index contributed by atoms with van der Waals surface area (Å²) in [6, 6.07) is 8.31. The first-order chi connectivity index (χ1) is 9.76. The Morgan fingerprint density at radius 1 is 1.40 bits per heavy atom. The standard InChI is InChI=1S/C15H19N3O2/c1-11-5-4-8-18(10-11)15-16-14(17-20-15)12-6-3-7-13(9-12)19-2/h3,6-7,9,11H,4-5,8,10H2,1-2H3/t11-/m0/s1. The molecule has 5 nitrogen and oxygen atoms in total. The van der Waals surface area contributed by atoms with E-state index in [1.807, 2.05) is 24.3 Å². The zero-order chi connectivity index (χ0) is 13.9. The van der Waals surface area contributed by atoms with Crippen molar-refractivity contribution >= 4 is 6.01 Å². The van der Waals surface area contributed by atoms with Crippen molar-refractivity contribution in [3.8, 4) is 17.1 Å². The highest BCUT2D eigenvalue weighted by Crippen LogP contribution is 2.26. The van der Waals surface area contributed by atoms with E-state index in [2.05, 4.69) is 22.0 Å². The molecule has 1 fully saturated rings. The molecule has 3 rings (SSSR count). The average molecular weight is 273 g/mol. The third-order valence-corrected chi connectivity index (χ3v) is 3.67. The predicted octanol–water partition coefficient (Wildman–Crippen LogP) is 2.98. The molecule has 0 amide bonds. The first-order valence-electron chi connectivity index (χ1n) is 6.99. The van der Waals surface area contributed by atoms with Crippen molar-refractivity contribution in [3.05, 3.63) is 24.3 Å². The van der Waals surface area contributed by atoms with Crippen LogP contribution in [0.2, 0.25) is 0 Å². The largest absolute Gasteiger partial charge is 0.497 e. The van der Waals surface area contributed by atoms with E-state index in [1.165, 1.54) is 12.8 Å². The Kier molecular flexibility index (Phi) is 3.58. The molecule has 0 aliphatic carbocycles. The molecule has 0 spiro atoms. The summed E-state index contributed by atoms with van der Waals surface area (Å²) in [6.45, 7) is 4.23. The fourth-order valence-electron chi connectivity index (χ4n) is 2.59. The summed E-state index contributed by atoms with van der Waals surface area (Å²) in [5, 5.41) is 4.08. The summed E-state index contributed by atoms with van der Waals surface area (Å²) >= 11 is 0. The van der Waals surface area contributed by atoms with E-state index in [-0.39, 0.29) is 0 Å². The molecule has 0 unspecified atom stereocenters. The van der Waals surface area contributed by atoms with Crippen molar-refractivity contribution in [2.24, 2.45) is 5.92 Å². The topological polar surface area (TPSA) is 51.4 Å². The van der Waals surface area contributed by atoms with Gasteiger partial charge in [0.05, 0.1) is 7.11 Å². The van der Waals surface area contributed by atoms with Gasteiger partial charge >= 0.3 is 6.01 Å². The highest BCUT2D eigenvalue weighted by molar-refractivity contribution is 5.58. The van der Waals surface area contributed by atoms with Gasteiger partial charge in [-0.05, 0) is 30.9 Å². The van der Waals surface area contributed by atoms with Crippen LogP contribution in [0.3, 0.4) is 0 Å². The number of hydrogen-bond acceptors (Lipinski definition) is 5. The third-order valence-electron chi connectivity index (χ3n) is 3.67. The minimum Gasteiger partial charge on any atom is -0.497 e. The SMILES string of the molecule is COc1cccc(-c2noc(N3CCC[C@H](C)C3)n2)c1. The normalized spacial score (nSPS) is 19.1. The van der Waals surface area contributed by atoms with E-state index in [0.29, 0.717) is 17.8 Å². The van der Waals surface area contributed by atoms with E-state index in [0.717, 1.165) is 24.4 Å². The molecule has 0 saturated carbocycles. The van der Waals surface area contributed by atoms with E-state index < -0.39 is 0 Å². The van der Waals surface area contributed by atoms with Gasteiger partial charge in [0, 0.05) is 18.7 Å². The molecule has 1 atom stereocenters. The number of piperidine rings is 1. The van der Waals surface area contributed by atoms with Crippen molar-refractivity contribution in [2.75, 3.05) is 25.1 Å². The van der Waals surface area contributed by atoms with Crippen molar-refractivity contribution in [1.82, 2.24) is 10.1 Å². The maximum absolute atomic E-state index is 5.40. The number of benzene rings is 1. The molecule has 0 N–H and O–H groups in total. The van der Waals surface area contributed by atoms with Crippen LogP contribution in [0.1, 0.15) is 19.8 Å². The molecule has 1 aliphatic heterocycles. The first kappa shape index (κ1) is 13.0. The van der Waals surface area contributed by atoms with Crippen LogP contribution in [0.15, 0.2) is 28.8 Å². The summed E-state index contributed by atoms with van der Waals surface area (Å²) in [5.74, 6) is 2.08. The van der Waals surface area contributed by atoms with E-state index in [4.69, 9.17) is 9.26 Å². The van der Waals surface area contributed by atoms with Crippen molar-refractivity contribution in [3.63, 3.8) is 0 Å². The van der Waals surface area contributed by atoms with Gasteiger partial charge in [0.25, 0.3) is 0 Å². The molecule has 20 heavy (non-hydrogen) atoms. The summed E-state index contributed by atoms with van der Waals surface area (Å²) < 4.78 is 10.6. The highest BCUT2D eigenvalue weighted by Gasteiger charge is 2.21. The second-order valence-electron chi connectivity index (χ2n) is 5.33. The molecule has 0 radical (unpaired) electrons. The summed E-state index contributed by atoms with van der Waals surface area (Å²) in [5.41, 5.74) is 0.907. The van der Waals surface area contributed by atoms with Gasteiger partial charge in [-0.25, -0.2) is 0 Å². The molecular formula is C15H19N3O2. The van der Waals surface area contributed by atoms with Crippen LogP contribution in [0.4, 0.5) is 6.01 Å². The second kappa shape index (κ2) is 5.53. The monoisotopic (exact) mass is 273 g/mol. The minimum atomic E-state index is 0.608. The van der Waals surface area contributed by atoms with Crippen LogP contribution in [0.25, 0.3) is 11.4 Å². The van der Waals surface area contributed by atoms with Crippen LogP contribution in [-0.4, -0.2) is 30.3 Å². The van der Waals surface area contributed by atoms with Gasteiger partial charge in [0.15, 0.2) is 0 Å². The van der Waals surface area contributed by atoms with Crippen molar-refractivity contribution < 1.29 is 9.26 Å². The molecule has 0 bridgehead atoms. The van der Waals surface area contributed by atoms with Crippen LogP contribution >= 0.6 is 0 Å². The number of nitrogens with zero attached hydrogens (tertiary/aromatic N) is 3. The summed E-state index contributed by atoms with van der Waals surface area (Å²) in [6.07, 6.45) is 2.45. The third kappa shape index (κ3) is 2.61. The molecule has 1 aliphatic rings. The summed E-state index contributed by atoms with van der Waals surface area (Å²) in [4.78, 5) is 6.68. The Morgan fingerprint density at radius 3 is 3.10 bits per heavy atom. The van der Waals surface area contributed by atoms with Gasteiger partial charge < -0.3 is 14.2 Å². The van der Waals surface area contributed by atoms with Gasteiger partial charge in [-0.15, -0.1) is 0 Å². The number of hydrogen-bond donors (Lipinski definition) is 0. The van der Waals surface area contributed by atoms with Gasteiger partial charge in [-0.1, -0.05) is 24.2 Å². The lowest BCUT2D eigenvalue weighted by atomic mass is 10.0. The quantitative estimate of drug-likeness (QED) is 0.860. The van der Waals surface area contributed by atoms with Gasteiger partial charge in [-0.2, -0.15) is 4.98 Å². The maximum Gasteiger partial charge on any atom is 0.324 e. The number of rotatable bonds is 3. The highest BCUT2D eigenvalue weighted by atomic mass is 16.5. The number of methoxy groups -OCH3 is 1. The zero-order valence-electron chi connectivity index (χ0n) is 11.9. The fraction of sp³-hybridized carbons (Fsp3) is 0.467. The molecule has 2 aromatic rings. The Hall–Kier alpha value is -2.04. The fourth-order valence-corrected chi connectivity index (χ4v) is 2.59. The molecular weight excluding hydrogens is 254 g/mol. The van der Waals surface area contributed by atoms with E-state index in [9.17, 15) is 0 Å². The predicted molar refractivity (Wildman–Crippen MR) is 76.9 cm³/mol. The molecule has 2 heterocycles.